The lowest BCUT2D eigenvalue weighted by Crippen LogP contribution is -2.45. The third-order valence-electron chi connectivity index (χ3n) is 3.97. The Hall–Kier alpha value is -1.63. The van der Waals surface area contributed by atoms with Crippen molar-refractivity contribution in [2.24, 2.45) is 0 Å². The Morgan fingerprint density at radius 3 is 2.71 bits per heavy atom. The van der Waals surface area contributed by atoms with E-state index in [2.05, 4.69) is 35.4 Å². The van der Waals surface area contributed by atoms with Gasteiger partial charge in [-0.15, -0.1) is 0 Å². The molecule has 6 nitrogen and oxygen atoms in total. The lowest BCUT2D eigenvalue weighted by atomic mass is 10.1. The van der Waals surface area contributed by atoms with Crippen molar-refractivity contribution >= 4 is 11.7 Å². The number of urea groups is 1. The monoisotopic (exact) mass is 335 g/mol. The lowest BCUT2D eigenvalue weighted by Gasteiger charge is -2.35. The Morgan fingerprint density at radius 2 is 2.00 bits per heavy atom. The normalized spacial score (nSPS) is 21.5. The predicted octanol–water partition coefficient (Wildman–Crippen LogP) is 2.45. The van der Waals surface area contributed by atoms with Crippen molar-refractivity contribution in [2.45, 2.75) is 39.0 Å². The molecule has 6 heteroatoms. The summed E-state index contributed by atoms with van der Waals surface area (Å²) in [6, 6.07) is 7.77. The van der Waals surface area contributed by atoms with Crippen LogP contribution < -0.4 is 10.6 Å². The van der Waals surface area contributed by atoms with Crippen molar-refractivity contribution in [3.05, 3.63) is 29.8 Å². The number of carbonyl (C=O) groups excluding carboxylic acids is 1. The first-order valence-electron chi connectivity index (χ1n) is 8.58. The van der Waals surface area contributed by atoms with Crippen LogP contribution >= 0.6 is 0 Å². The number of anilines is 1. The summed E-state index contributed by atoms with van der Waals surface area (Å²) in [6.45, 7) is 8.05. The van der Waals surface area contributed by atoms with Crippen molar-refractivity contribution in [2.75, 3.05) is 38.7 Å². The van der Waals surface area contributed by atoms with Gasteiger partial charge in [0, 0.05) is 45.6 Å². The van der Waals surface area contributed by atoms with Crippen molar-refractivity contribution in [3.63, 3.8) is 0 Å². The zero-order chi connectivity index (χ0) is 17.4. The number of nitrogens with one attached hydrogen (secondary N) is 2. The number of hydrogen-bond acceptors (Lipinski definition) is 4. The van der Waals surface area contributed by atoms with Crippen LogP contribution in [0, 0.1) is 0 Å². The first kappa shape index (κ1) is 18.7. The number of ether oxygens (including phenoxy) is 2. The maximum atomic E-state index is 12.0. The van der Waals surface area contributed by atoms with Crippen LogP contribution in [0.5, 0.6) is 0 Å². The topological polar surface area (TPSA) is 62.8 Å². The Morgan fingerprint density at radius 1 is 1.29 bits per heavy atom. The molecule has 0 saturated carbocycles. The third kappa shape index (κ3) is 6.11. The molecule has 24 heavy (non-hydrogen) atoms. The van der Waals surface area contributed by atoms with Crippen LogP contribution in [0.15, 0.2) is 24.3 Å². The van der Waals surface area contributed by atoms with Crippen molar-refractivity contribution in [3.8, 4) is 0 Å². The standard InChI is InChI=1S/C18H29N3O3/c1-14-11-21(12-15(2)24-14)13-16-7-4-5-8-17(16)20-18(22)19-9-6-10-23-3/h4-5,7-8,14-15H,6,9-13H2,1-3H3,(H2,19,20,22). The fourth-order valence-electron chi connectivity index (χ4n) is 3.02. The highest BCUT2D eigenvalue weighted by Gasteiger charge is 2.22. The van der Waals surface area contributed by atoms with Crippen LogP contribution in [0.4, 0.5) is 10.5 Å². The zero-order valence-electron chi connectivity index (χ0n) is 14.9. The van der Waals surface area contributed by atoms with E-state index in [1.807, 2.05) is 18.2 Å². The fraction of sp³-hybridized carbons (Fsp3) is 0.611. The van der Waals surface area contributed by atoms with E-state index < -0.39 is 0 Å². The van der Waals surface area contributed by atoms with E-state index in [1.165, 1.54) is 0 Å². The second-order valence-electron chi connectivity index (χ2n) is 6.34. The molecule has 2 amide bonds. The molecule has 0 radical (unpaired) electrons. The van der Waals surface area contributed by atoms with E-state index >= 15 is 0 Å². The number of methoxy groups -OCH3 is 1. The average molecular weight is 335 g/mol. The minimum Gasteiger partial charge on any atom is -0.385 e. The predicted molar refractivity (Wildman–Crippen MR) is 95.2 cm³/mol. The highest BCUT2D eigenvalue weighted by molar-refractivity contribution is 5.90. The van der Waals surface area contributed by atoms with Crippen molar-refractivity contribution < 1.29 is 14.3 Å². The Bertz CT molecular complexity index is 514. The van der Waals surface area contributed by atoms with Crippen LogP contribution in [0.2, 0.25) is 0 Å². The van der Waals surface area contributed by atoms with E-state index in [9.17, 15) is 4.79 Å². The second kappa shape index (κ2) is 9.61. The van der Waals surface area contributed by atoms with Gasteiger partial charge in [0.1, 0.15) is 0 Å². The molecule has 2 atom stereocenters. The molecule has 134 valence electrons. The third-order valence-corrected chi connectivity index (χ3v) is 3.97. The van der Waals surface area contributed by atoms with Gasteiger partial charge in [0.15, 0.2) is 0 Å². The molecule has 2 unspecified atom stereocenters. The van der Waals surface area contributed by atoms with E-state index in [4.69, 9.17) is 9.47 Å². The molecule has 1 aliphatic heterocycles. The maximum absolute atomic E-state index is 12.0. The molecule has 0 bridgehead atoms. The first-order chi connectivity index (χ1) is 11.6. The SMILES string of the molecule is COCCCNC(=O)Nc1ccccc1CN1CC(C)OC(C)C1. The number of benzene rings is 1. The van der Waals surface area contributed by atoms with Gasteiger partial charge in [-0.3, -0.25) is 4.90 Å². The van der Waals surface area contributed by atoms with E-state index in [0.717, 1.165) is 37.3 Å². The van der Waals surface area contributed by atoms with Gasteiger partial charge in [0.25, 0.3) is 0 Å². The van der Waals surface area contributed by atoms with Gasteiger partial charge in [-0.2, -0.15) is 0 Å². The van der Waals surface area contributed by atoms with E-state index in [-0.39, 0.29) is 18.2 Å². The molecule has 1 aliphatic rings. The van der Waals surface area contributed by atoms with E-state index in [0.29, 0.717) is 13.2 Å². The zero-order valence-corrected chi connectivity index (χ0v) is 14.9. The number of nitrogens with zero attached hydrogens (tertiary/aromatic N) is 1. The summed E-state index contributed by atoms with van der Waals surface area (Å²) < 4.78 is 10.8. The first-order valence-corrected chi connectivity index (χ1v) is 8.58. The van der Waals surface area contributed by atoms with E-state index in [1.54, 1.807) is 7.11 Å². The number of rotatable bonds is 7. The molecule has 2 rings (SSSR count). The maximum Gasteiger partial charge on any atom is 0.319 e. The summed E-state index contributed by atoms with van der Waals surface area (Å²) in [5, 5.41) is 5.80. The molecule has 1 saturated heterocycles. The molecule has 1 aromatic rings. The molecule has 1 aromatic carbocycles. The largest absolute Gasteiger partial charge is 0.385 e. The van der Waals surface area contributed by atoms with Crippen LogP contribution in [-0.4, -0.2) is 56.5 Å². The van der Waals surface area contributed by atoms with Gasteiger partial charge < -0.3 is 20.1 Å². The van der Waals surface area contributed by atoms with Gasteiger partial charge in [-0.1, -0.05) is 18.2 Å². The molecule has 1 heterocycles. The number of morpholine rings is 1. The fourth-order valence-corrected chi connectivity index (χ4v) is 3.02. The van der Waals surface area contributed by atoms with Crippen LogP contribution in [0.25, 0.3) is 0 Å². The highest BCUT2D eigenvalue weighted by atomic mass is 16.5. The number of hydrogen-bond donors (Lipinski definition) is 2. The average Bonchev–Trinajstić information content (AvgIpc) is 2.52. The quantitative estimate of drug-likeness (QED) is 0.752. The van der Waals surface area contributed by atoms with Gasteiger partial charge in [0.05, 0.1) is 12.2 Å². The number of amides is 2. The second-order valence-corrected chi connectivity index (χ2v) is 6.34. The Balaban J connectivity index is 1.91. The summed E-state index contributed by atoms with van der Waals surface area (Å²) in [6.07, 6.45) is 1.27. The Kier molecular flexibility index (Phi) is 7.49. The van der Waals surface area contributed by atoms with Crippen molar-refractivity contribution in [1.29, 1.82) is 0 Å². The smallest absolute Gasteiger partial charge is 0.319 e. The minimum absolute atomic E-state index is 0.178. The summed E-state index contributed by atoms with van der Waals surface area (Å²) in [4.78, 5) is 14.4. The van der Waals surface area contributed by atoms with Gasteiger partial charge in [-0.25, -0.2) is 4.79 Å². The number of carbonyl (C=O) groups is 1. The molecule has 0 aliphatic carbocycles. The van der Waals surface area contributed by atoms with Crippen LogP contribution in [0.3, 0.4) is 0 Å². The summed E-state index contributed by atoms with van der Waals surface area (Å²) in [7, 11) is 1.66. The molecule has 0 spiro atoms. The van der Waals surface area contributed by atoms with Crippen LogP contribution in [-0.2, 0) is 16.0 Å². The molecular weight excluding hydrogens is 306 g/mol. The molecule has 1 fully saturated rings. The van der Waals surface area contributed by atoms with Crippen molar-refractivity contribution in [1.82, 2.24) is 10.2 Å². The molecular formula is C18H29N3O3. The molecule has 0 aromatic heterocycles. The van der Waals surface area contributed by atoms with Gasteiger partial charge in [0.2, 0.25) is 0 Å². The Labute approximate surface area is 144 Å². The summed E-state index contributed by atoms with van der Waals surface area (Å²) in [5.74, 6) is 0. The summed E-state index contributed by atoms with van der Waals surface area (Å²) >= 11 is 0. The lowest BCUT2D eigenvalue weighted by molar-refractivity contribution is -0.0704. The molecule has 2 N–H and O–H groups in total. The minimum atomic E-state index is -0.178. The summed E-state index contributed by atoms with van der Waals surface area (Å²) in [5.41, 5.74) is 1.97. The highest BCUT2D eigenvalue weighted by Crippen LogP contribution is 2.20. The van der Waals surface area contributed by atoms with Gasteiger partial charge >= 0.3 is 6.03 Å². The number of para-hydroxylation sites is 1. The van der Waals surface area contributed by atoms with Crippen LogP contribution in [0.1, 0.15) is 25.8 Å². The van der Waals surface area contributed by atoms with Gasteiger partial charge in [-0.05, 0) is 31.9 Å².